The highest BCUT2D eigenvalue weighted by Gasteiger charge is 2.14. The average molecular weight is 376 g/mol. The molecule has 4 N–H and O–H groups in total. The molecule has 0 saturated heterocycles. The number of halogens is 1. The van der Waals surface area contributed by atoms with Crippen molar-refractivity contribution in [3.8, 4) is 0 Å². The molecule has 0 saturated carbocycles. The number of rotatable bonds is 5. The highest BCUT2D eigenvalue weighted by atomic mass is 19.1. The number of nitrogen functional groups attached to an aromatic ring is 1. The summed E-state index contributed by atoms with van der Waals surface area (Å²) in [6.07, 6.45) is 3.52. The maximum atomic E-state index is 13.4. The van der Waals surface area contributed by atoms with E-state index < -0.39 is 11.7 Å². The SMILES string of the molecule is Nc1ccc(F)cc1NC(=O)c1cc2cc(NCc3cccnc3)ccc2o1. The van der Waals surface area contributed by atoms with Gasteiger partial charge in [0.1, 0.15) is 11.4 Å². The molecule has 0 aliphatic heterocycles. The molecule has 28 heavy (non-hydrogen) atoms. The molecule has 0 bridgehead atoms. The number of anilines is 3. The number of amides is 1. The molecule has 6 nitrogen and oxygen atoms in total. The fourth-order valence-electron chi connectivity index (χ4n) is 2.79. The largest absolute Gasteiger partial charge is 0.451 e. The van der Waals surface area contributed by atoms with Crippen LogP contribution in [0, 0.1) is 5.82 Å². The molecule has 0 radical (unpaired) electrons. The first-order valence-electron chi connectivity index (χ1n) is 8.61. The van der Waals surface area contributed by atoms with Crippen LogP contribution in [0.15, 0.2) is 71.4 Å². The number of nitrogens with two attached hydrogens (primary N) is 1. The standard InChI is InChI=1S/C21H17FN4O2/c22-15-3-5-17(23)18(10-15)26-21(27)20-9-14-8-16(4-6-19(14)28-20)25-12-13-2-1-7-24-11-13/h1-11,25H,12,23H2,(H,26,27). The van der Waals surface area contributed by atoms with Gasteiger partial charge < -0.3 is 20.8 Å². The van der Waals surface area contributed by atoms with Gasteiger partial charge in [-0.25, -0.2) is 4.39 Å². The highest BCUT2D eigenvalue weighted by Crippen LogP contribution is 2.25. The van der Waals surface area contributed by atoms with Crippen LogP contribution in [-0.4, -0.2) is 10.9 Å². The predicted molar refractivity (Wildman–Crippen MR) is 107 cm³/mol. The molecule has 4 aromatic rings. The molecule has 0 atom stereocenters. The van der Waals surface area contributed by atoms with Crippen molar-refractivity contribution in [3.05, 3.63) is 84.1 Å². The molecule has 4 rings (SSSR count). The minimum Gasteiger partial charge on any atom is -0.451 e. The van der Waals surface area contributed by atoms with Crippen molar-refractivity contribution in [2.75, 3.05) is 16.4 Å². The van der Waals surface area contributed by atoms with Crippen LogP contribution in [0.25, 0.3) is 11.0 Å². The first-order valence-corrected chi connectivity index (χ1v) is 8.61. The Labute approximate surface area is 160 Å². The fraction of sp³-hybridized carbons (Fsp3) is 0.0476. The van der Waals surface area contributed by atoms with Gasteiger partial charge in [-0.1, -0.05) is 6.07 Å². The third-order valence-corrected chi connectivity index (χ3v) is 4.22. The van der Waals surface area contributed by atoms with Crippen LogP contribution in [0.1, 0.15) is 16.1 Å². The Morgan fingerprint density at radius 3 is 2.86 bits per heavy atom. The number of pyridine rings is 1. The number of furan rings is 1. The summed E-state index contributed by atoms with van der Waals surface area (Å²) in [6, 6.07) is 14.8. The topological polar surface area (TPSA) is 93.2 Å². The van der Waals surface area contributed by atoms with E-state index in [1.165, 1.54) is 12.1 Å². The Morgan fingerprint density at radius 2 is 2.04 bits per heavy atom. The number of benzene rings is 2. The first-order chi connectivity index (χ1) is 13.6. The number of carbonyl (C=O) groups excluding carboxylic acids is 1. The van der Waals surface area contributed by atoms with Crippen LogP contribution in [-0.2, 0) is 6.54 Å². The monoisotopic (exact) mass is 376 g/mol. The van der Waals surface area contributed by atoms with Crippen molar-refractivity contribution in [3.63, 3.8) is 0 Å². The molecule has 0 fully saturated rings. The molecular formula is C21H17FN4O2. The number of nitrogens with zero attached hydrogens (tertiary/aromatic N) is 1. The normalized spacial score (nSPS) is 10.8. The van der Waals surface area contributed by atoms with E-state index >= 15 is 0 Å². The molecule has 140 valence electrons. The molecule has 2 aromatic heterocycles. The maximum absolute atomic E-state index is 13.4. The van der Waals surface area contributed by atoms with Crippen LogP contribution >= 0.6 is 0 Å². The Hall–Kier alpha value is -3.87. The summed E-state index contributed by atoms with van der Waals surface area (Å²) in [5.41, 5.74) is 8.76. The lowest BCUT2D eigenvalue weighted by Gasteiger charge is -2.06. The smallest absolute Gasteiger partial charge is 0.291 e. The first kappa shape index (κ1) is 17.5. The summed E-state index contributed by atoms with van der Waals surface area (Å²) in [7, 11) is 0. The summed E-state index contributed by atoms with van der Waals surface area (Å²) >= 11 is 0. The van der Waals surface area contributed by atoms with Gasteiger partial charge in [-0.05, 0) is 54.1 Å². The summed E-state index contributed by atoms with van der Waals surface area (Å²) in [5.74, 6) is -0.875. The van der Waals surface area contributed by atoms with Crippen LogP contribution < -0.4 is 16.4 Å². The van der Waals surface area contributed by atoms with Gasteiger partial charge in [0.15, 0.2) is 5.76 Å². The molecule has 0 aliphatic rings. The summed E-state index contributed by atoms with van der Waals surface area (Å²) in [4.78, 5) is 16.5. The van der Waals surface area contributed by atoms with E-state index in [9.17, 15) is 9.18 Å². The Balaban J connectivity index is 1.51. The average Bonchev–Trinajstić information content (AvgIpc) is 3.13. The van der Waals surface area contributed by atoms with Crippen molar-refractivity contribution in [1.29, 1.82) is 0 Å². The number of fused-ring (bicyclic) bond motifs is 1. The van der Waals surface area contributed by atoms with Gasteiger partial charge in [0, 0.05) is 30.0 Å². The zero-order valence-corrected chi connectivity index (χ0v) is 14.8. The lowest BCUT2D eigenvalue weighted by Crippen LogP contribution is -2.12. The lowest BCUT2D eigenvalue weighted by atomic mass is 10.2. The second-order valence-corrected chi connectivity index (χ2v) is 6.26. The van der Waals surface area contributed by atoms with Crippen LogP contribution in [0.4, 0.5) is 21.5 Å². The molecule has 0 spiro atoms. The van der Waals surface area contributed by atoms with Gasteiger partial charge >= 0.3 is 0 Å². The summed E-state index contributed by atoms with van der Waals surface area (Å²) in [6.45, 7) is 0.628. The molecule has 1 amide bonds. The maximum Gasteiger partial charge on any atom is 0.291 e. The van der Waals surface area contributed by atoms with Crippen LogP contribution in [0.2, 0.25) is 0 Å². The summed E-state index contributed by atoms with van der Waals surface area (Å²) < 4.78 is 19.0. The van der Waals surface area contributed by atoms with E-state index in [-0.39, 0.29) is 17.1 Å². The highest BCUT2D eigenvalue weighted by molar-refractivity contribution is 6.06. The van der Waals surface area contributed by atoms with Crippen LogP contribution in [0.5, 0.6) is 0 Å². The fourth-order valence-corrected chi connectivity index (χ4v) is 2.79. The third-order valence-electron chi connectivity index (χ3n) is 4.22. The van der Waals surface area contributed by atoms with E-state index in [0.29, 0.717) is 12.1 Å². The van der Waals surface area contributed by atoms with Crippen molar-refractivity contribution < 1.29 is 13.6 Å². The van der Waals surface area contributed by atoms with E-state index in [0.717, 1.165) is 22.7 Å². The second-order valence-electron chi connectivity index (χ2n) is 6.26. The van der Waals surface area contributed by atoms with E-state index in [4.69, 9.17) is 10.2 Å². The van der Waals surface area contributed by atoms with E-state index in [1.54, 1.807) is 24.5 Å². The number of carbonyl (C=O) groups is 1. The van der Waals surface area contributed by atoms with Crippen LogP contribution in [0.3, 0.4) is 0 Å². The number of hydrogen-bond acceptors (Lipinski definition) is 5. The number of hydrogen-bond donors (Lipinski definition) is 3. The molecule has 7 heteroatoms. The van der Waals surface area contributed by atoms with Gasteiger partial charge in [-0.15, -0.1) is 0 Å². The number of aromatic nitrogens is 1. The van der Waals surface area contributed by atoms with Crippen molar-refractivity contribution in [1.82, 2.24) is 4.98 Å². The van der Waals surface area contributed by atoms with Gasteiger partial charge in [0.05, 0.1) is 11.4 Å². The Kier molecular flexibility index (Phi) is 4.63. The van der Waals surface area contributed by atoms with Crippen molar-refractivity contribution in [2.24, 2.45) is 0 Å². The quantitative estimate of drug-likeness (QED) is 0.449. The Morgan fingerprint density at radius 1 is 1.14 bits per heavy atom. The second kappa shape index (κ2) is 7.40. The van der Waals surface area contributed by atoms with Gasteiger partial charge in [0.2, 0.25) is 0 Å². The zero-order valence-electron chi connectivity index (χ0n) is 14.8. The Bertz CT molecular complexity index is 1140. The van der Waals surface area contributed by atoms with Crippen molar-refractivity contribution >= 4 is 33.9 Å². The zero-order chi connectivity index (χ0) is 19.5. The molecular weight excluding hydrogens is 359 g/mol. The van der Waals surface area contributed by atoms with Gasteiger partial charge in [-0.3, -0.25) is 9.78 Å². The third kappa shape index (κ3) is 3.78. The summed E-state index contributed by atoms with van der Waals surface area (Å²) in [5, 5.41) is 6.65. The molecule has 2 heterocycles. The molecule has 2 aromatic carbocycles. The number of nitrogens with one attached hydrogen (secondary N) is 2. The van der Waals surface area contributed by atoms with E-state index in [2.05, 4.69) is 15.6 Å². The molecule has 0 unspecified atom stereocenters. The predicted octanol–water partition coefficient (Wildman–Crippen LogP) is 4.41. The van der Waals surface area contributed by atoms with Gasteiger partial charge in [-0.2, -0.15) is 0 Å². The van der Waals surface area contributed by atoms with E-state index in [1.807, 2.05) is 24.3 Å². The lowest BCUT2D eigenvalue weighted by molar-refractivity contribution is 0.0999. The molecule has 0 aliphatic carbocycles. The van der Waals surface area contributed by atoms with Gasteiger partial charge in [0.25, 0.3) is 5.91 Å². The minimum absolute atomic E-state index is 0.114. The minimum atomic E-state index is -0.502. The van der Waals surface area contributed by atoms with Crippen molar-refractivity contribution in [2.45, 2.75) is 6.54 Å².